The topological polar surface area (TPSA) is 81.0 Å². The molecule has 5 nitrogen and oxygen atoms in total. The Balaban J connectivity index is 4.34. The van der Waals surface area contributed by atoms with Crippen molar-refractivity contribution < 1.29 is 20.1 Å². The zero-order valence-corrected chi connectivity index (χ0v) is 25.1. The minimum Gasteiger partial charge on any atom is -0.481 e. The highest BCUT2D eigenvalue weighted by molar-refractivity contribution is 5.69. The fourth-order valence-electron chi connectivity index (χ4n) is 5.29. The molecule has 0 aliphatic heterocycles. The molecule has 3 atom stereocenters. The molecule has 0 spiro atoms. The van der Waals surface area contributed by atoms with Crippen molar-refractivity contribution in [2.45, 2.75) is 174 Å². The van der Waals surface area contributed by atoms with Crippen LogP contribution in [0, 0.1) is 5.92 Å². The molecule has 0 fully saturated rings. The second-order valence-corrected chi connectivity index (χ2v) is 11.5. The molecular formula is C32H65NO4. The molecule has 37 heavy (non-hydrogen) atoms. The molecule has 0 rings (SSSR count). The SMILES string of the molecule is CCCCCCCCCCC(O)CN(CCCCC(CC)C(=O)O)CC(O)CCCCCCCCCC. The first-order chi connectivity index (χ1) is 17.9. The molecule has 5 heteroatoms. The van der Waals surface area contributed by atoms with Gasteiger partial charge in [0.2, 0.25) is 0 Å². The number of hydrogen-bond donors (Lipinski definition) is 3. The standard InChI is InChI=1S/C32H65NO4/c1-4-7-9-11-13-15-17-19-24-30(34)27-33(26-22-21-23-29(6-3)32(36)37)28-31(35)25-20-18-16-14-12-10-8-5-2/h29-31,34-35H,4-28H2,1-3H3,(H,36,37). The molecular weight excluding hydrogens is 462 g/mol. The van der Waals surface area contributed by atoms with Crippen LogP contribution in [-0.2, 0) is 4.79 Å². The van der Waals surface area contributed by atoms with E-state index in [1.807, 2.05) is 6.92 Å². The second kappa shape index (κ2) is 26.9. The summed E-state index contributed by atoms with van der Waals surface area (Å²) < 4.78 is 0. The Morgan fingerprint density at radius 3 is 1.32 bits per heavy atom. The average Bonchev–Trinajstić information content (AvgIpc) is 2.86. The van der Waals surface area contributed by atoms with E-state index in [0.29, 0.717) is 25.9 Å². The normalized spacial score (nSPS) is 14.2. The van der Waals surface area contributed by atoms with E-state index in [-0.39, 0.29) is 18.1 Å². The molecule has 0 bridgehead atoms. The molecule has 0 radical (unpaired) electrons. The predicted octanol–water partition coefficient (Wildman–Crippen LogP) is 8.35. The first-order valence-corrected chi connectivity index (χ1v) is 16.3. The first-order valence-electron chi connectivity index (χ1n) is 16.3. The number of aliphatic hydroxyl groups excluding tert-OH is 2. The van der Waals surface area contributed by atoms with Crippen LogP contribution in [-0.4, -0.2) is 58.0 Å². The minimum atomic E-state index is -0.694. The highest BCUT2D eigenvalue weighted by Crippen LogP contribution is 2.16. The van der Waals surface area contributed by atoms with E-state index in [0.717, 1.165) is 45.1 Å². The number of nitrogens with zero attached hydrogens (tertiary/aromatic N) is 1. The quantitative estimate of drug-likeness (QED) is 0.0851. The van der Waals surface area contributed by atoms with Gasteiger partial charge in [0.15, 0.2) is 0 Å². The summed E-state index contributed by atoms with van der Waals surface area (Å²) in [7, 11) is 0. The third-order valence-corrected chi connectivity index (χ3v) is 7.84. The number of aliphatic carboxylic acids is 1. The van der Waals surface area contributed by atoms with Crippen LogP contribution in [0.4, 0.5) is 0 Å². The summed E-state index contributed by atoms with van der Waals surface area (Å²) in [5, 5.41) is 30.7. The van der Waals surface area contributed by atoms with Crippen LogP contribution in [0.25, 0.3) is 0 Å². The first kappa shape index (κ1) is 36.4. The van der Waals surface area contributed by atoms with Gasteiger partial charge in [-0.05, 0) is 38.6 Å². The Hall–Kier alpha value is -0.650. The average molecular weight is 528 g/mol. The third kappa shape index (κ3) is 24.1. The zero-order valence-electron chi connectivity index (χ0n) is 25.1. The van der Waals surface area contributed by atoms with Crippen molar-refractivity contribution in [2.24, 2.45) is 5.92 Å². The maximum atomic E-state index is 11.3. The van der Waals surface area contributed by atoms with Crippen LogP contribution < -0.4 is 0 Å². The van der Waals surface area contributed by atoms with Crippen LogP contribution in [0.15, 0.2) is 0 Å². The van der Waals surface area contributed by atoms with Crippen LogP contribution in [0.1, 0.15) is 162 Å². The van der Waals surface area contributed by atoms with E-state index in [1.165, 1.54) is 89.9 Å². The van der Waals surface area contributed by atoms with E-state index < -0.39 is 5.97 Å². The molecule has 222 valence electrons. The summed E-state index contributed by atoms with van der Waals surface area (Å²) in [5.41, 5.74) is 0. The maximum Gasteiger partial charge on any atom is 0.306 e. The lowest BCUT2D eigenvalue weighted by molar-refractivity contribution is -0.142. The molecule has 0 aromatic heterocycles. The molecule has 3 N–H and O–H groups in total. The molecule has 0 aliphatic rings. The Morgan fingerprint density at radius 1 is 0.568 bits per heavy atom. The van der Waals surface area contributed by atoms with Gasteiger partial charge in [-0.1, -0.05) is 130 Å². The Bertz CT molecular complexity index is 459. The molecule has 0 aromatic rings. The second-order valence-electron chi connectivity index (χ2n) is 11.5. The number of aliphatic hydroxyl groups is 2. The van der Waals surface area contributed by atoms with Crippen LogP contribution in [0.3, 0.4) is 0 Å². The van der Waals surface area contributed by atoms with Gasteiger partial charge in [-0.3, -0.25) is 9.69 Å². The van der Waals surface area contributed by atoms with Crippen molar-refractivity contribution in [3.63, 3.8) is 0 Å². The number of hydrogen-bond acceptors (Lipinski definition) is 4. The van der Waals surface area contributed by atoms with Gasteiger partial charge in [-0.2, -0.15) is 0 Å². The van der Waals surface area contributed by atoms with Gasteiger partial charge < -0.3 is 15.3 Å². The van der Waals surface area contributed by atoms with Gasteiger partial charge in [0, 0.05) is 13.1 Å². The lowest BCUT2D eigenvalue weighted by Gasteiger charge is -2.27. The van der Waals surface area contributed by atoms with Crippen LogP contribution in [0.2, 0.25) is 0 Å². The van der Waals surface area contributed by atoms with Gasteiger partial charge >= 0.3 is 5.97 Å². The fourth-order valence-corrected chi connectivity index (χ4v) is 5.29. The molecule has 0 heterocycles. The molecule has 0 aromatic carbocycles. The van der Waals surface area contributed by atoms with Crippen molar-refractivity contribution in [3.8, 4) is 0 Å². The number of unbranched alkanes of at least 4 members (excludes halogenated alkanes) is 15. The largest absolute Gasteiger partial charge is 0.481 e. The highest BCUT2D eigenvalue weighted by atomic mass is 16.4. The lowest BCUT2D eigenvalue weighted by atomic mass is 9.99. The third-order valence-electron chi connectivity index (χ3n) is 7.84. The van der Waals surface area contributed by atoms with E-state index in [2.05, 4.69) is 18.7 Å². The van der Waals surface area contributed by atoms with E-state index in [1.54, 1.807) is 0 Å². The van der Waals surface area contributed by atoms with Gasteiger partial charge in [0.05, 0.1) is 18.1 Å². The van der Waals surface area contributed by atoms with Gasteiger partial charge in [-0.15, -0.1) is 0 Å². The van der Waals surface area contributed by atoms with Crippen LogP contribution >= 0.6 is 0 Å². The van der Waals surface area contributed by atoms with Gasteiger partial charge in [0.25, 0.3) is 0 Å². The smallest absolute Gasteiger partial charge is 0.306 e. The molecule has 0 aliphatic carbocycles. The minimum absolute atomic E-state index is 0.256. The summed E-state index contributed by atoms with van der Waals surface area (Å²) in [6.07, 6.45) is 24.4. The van der Waals surface area contributed by atoms with E-state index >= 15 is 0 Å². The molecule has 0 amide bonds. The van der Waals surface area contributed by atoms with Gasteiger partial charge in [-0.25, -0.2) is 0 Å². The van der Waals surface area contributed by atoms with Crippen molar-refractivity contribution in [1.29, 1.82) is 0 Å². The van der Waals surface area contributed by atoms with Gasteiger partial charge in [0.1, 0.15) is 0 Å². The highest BCUT2D eigenvalue weighted by Gasteiger charge is 2.17. The maximum absolute atomic E-state index is 11.3. The van der Waals surface area contributed by atoms with E-state index in [9.17, 15) is 20.1 Å². The summed E-state index contributed by atoms with van der Waals surface area (Å²) in [6.45, 7) is 8.48. The fraction of sp³-hybridized carbons (Fsp3) is 0.969. The summed E-state index contributed by atoms with van der Waals surface area (Å²) >= 11 is 0. The summed E-state index contributed by atoms with van der Waals surface area (Å²) in [5.74, 6) is -0.950. The molecule has 3 unspecified atom stereocenters. The lowest BCUT2D eigenvalue weighted by Crippen LogP contribution is -2.38. The molecule has 0 saturated heterocycles. The number of carboxylic acids is 1. The number of rotatable bonds is 29. The van der Waals surface area contributed by atoms with Crippen molar-refractivity contribution in [2.75, 3.05) is 19.6 Å². The number of carboxylic acid groups (broad SMARTS) is 1. The molecule has 0 saturated carbocycles. The Kier molecular flexibility index (Phi) is 26.5. The zero-order chi connectivity index (χ0) is 27.6. The summed E-state index contributed by atoms with van der Waals surface area (Å²) in [6, 6.07) is 0. The Morgan fingerprint density at radius 2 is 0.946 bits per heavy atom. The van der Waals surface area contributed by atoms with Crippen LogP contribution in [0.5, 0.6) is 0 Å². The van der Waals surface area contributed by atoms with Crippen molar-refractivity contribution in [1.82, 2.24) is 4.90 Å². The number of carbonyl (C=O) groups is 1. The monoisotopic (exact) mass is 527 g/mol. The van der Waals surface area contributed by atoms with Crippen molar-refractivity contribution in [3.05, 3.63) is 0 Å². The Labute approximate surface area is 230 Å². The van der Waals surface area contributed by atoms with E-state index in [4.69, 9.17) is 0 Å². The predicted molar refractivity (Wildman–Crippen MR) is 158 cm³/mol. The summed E-state index contributed by atoms with van der Waals surface area (Å²) in [4.78, 5) is 13.5. The van der Waals surface area contributed by atoms with Crippen molar-refractivity contribution >= 4 is 5.97 Å².